The van der Waals surface area contributed by atoms with Crippen molar-refractivity contribution in [1.82, 2.24) is 13.4 Å². The van der Waals surface area contributed by atoms with Gasteiger partial charge in [-0.15, -0.1) is 0 Å². The number of aromatic nitrogens is 5. The van der Waals surface area contributed by atoms with E-state index < -0.39 is 0 Å². The summed E-state index contributed by atoms with van der Waals surface area (Å²) >= 11 is 0. The number of hydrogen-bond acceptors (Lipinski definition) is 1. The van der Waals surface area contributed by atoms with E-state index in [-0.39, 0.29) is 33.4 Å². The van der Waals surface area contributed by atoms with Crippen molar-refractivity contribution < 1.29 is 30.2 Å². The van der Waals surface area contributed by atoms with Crippen LogP contribution in [0.25, 0.3) is 66.2 Å². The minimum absolute atomic E-state index is 0. The number of rotatable bonds is 1. The SMILES string of the molecule is [CH-]=CC1=NC2c3c1ccc1ccn4c5ccccc5[n+]2c4c31.[W].c1ccc2c(c1)n1ccc3ccc4c5c3c1[n+]2C5n1cccc1-4. The Morgan fingerprint density at radius 1 is 0.630 bits per heavy atom. The average molecular weight is 759 g/mol. The molecule has 4 aromatic carbocycles. The summed E-state index contributed by atoms with van der Waals surface area (Å²) in [5.41, 5.74) is 15.1. The standard InChI is InChI=1S/C20H12N3.C19H11N3.W/c1-2-5-16-15(4-1)22-11-9-12-7-8-13-14-6-3-10-21(14)20-18(13)17(12)19(22)23(16)20;1-2-13-12-8-7-11-9-10-21-14-5-3-4-6-15(14)22-18(20-13)17(12)16(11)19(21)22;/h1-11,20H;1-10,18H;/q+1;;. The maximum atomic E-state index is 5.79. The van der Waals surface area contributed by atoms with E-state index in [1.165, 1.54) is 82.9 Å². The molecule has 7 heteroatoms. The van der Waals surface area contributed by atoms with Crippen LogP contribution in [0.2, 0.25) is 0 Å². The van der Waals surface area contributed by atoms with E-state index in [9.17, 15) is 0 Å². The van der Waals surface area contributed by atoms with Gasteiger partial charge in [-0.25, -0.2) is 6.08 Å². The van der Waals surface area contributed by atoms with E-state index in [0.29, 0.717) is 0 Å². The van der Waals surface area contributed by atoms with Gasteiger partial charge in [-0.2, -0.15) is 17.9 Å². The Bertz CT molecular complexity index is 2920. The molecular weight excluding hydrogens is 736 g/mol. The molecule has 0 radical (unpaired) electrons. The van der Waals surface area contributed by atoms with E-state index >= 15 is 0 Å². The van der Waals surface area contributed by atoms with Crippen LogP contribution < -0.4 is 9.13 Å². The minimum atomic E-state index is 0. The minimum Gasteiger partial charge on any atom is -0.332 e. The molecule has 0 spiro atoms. The Labute approximate surface area is 276 Å². The van der Waals surface area contributed by atoms with Gasteiger partial charge < -0.3 is 9.56 Å². The van der Waals surface area contributed by atoms with Crippen molar-refractivity contribution in [1.29, 1.82) is 0 Å². The Balaban J connectivity index is 0.000000111. The molecule has 2 unspecified atom stereocenters. The quantitative estimate of drug-likeness (QED) is 0.129. The van der Waals surface area contributed by atoms with Crippen molar-refractivity contribution in [2.75, 3.05) is 0 Å². The second kappa shape index (κ2) is 8.28. The Kier molecular flexibility index (Phi) is 4.49. The van der Waals surface area contributed by atoms with E-state index in [0.717, 1.165) is 5.71 Å². The molecule has 0 amide bonds. The van der Waals surface area contributed by atoms with Crippen molar-refractivity contribution in [3.05, 3.63) is 145 Å². The molecule has 6 nitrogen and oxygen atoms in total. The van der Waals surface area contributed by atoms with Gasteiger partial charge in [0.15, 0.2) is 22.1 Å². The Hall–Kier alpha value is -5.32. The first-order valence-corrected chi connectivity index (χ1v) is 15.4. The predicted octanol–water partition coefficient (Wildman–Crippen LogP) is 6.91. The summed E-state index contributed by atoms with van der Waals surface area (Å²) in [7, 11) is 0. The number of allylic oxidation sites excluding steroid dienone is 1. The van der Waals surface area contributed by atoms with Crippen LogP contribution in [-0.4, -0.2) is 19.1 Å². The van der Waals surface area contributed by atoms with E-state index in [2.05, 4.69) is 138 Å². The number of benzene rings is 4. The molecule has 4 aliphatic rings. The van der Waals surface area contributed by atoms with Crippen molar-refractivity contribution in [3.63, 3.8) is 0 Å². The van der Waals surface area contributed by atoms with Crippen LogP contribution >= 0.6 is 0 Å². The summed E-state index contributed by atoms with van der Waals surface area (Å²) in [5.74, 6) is 0. The summed E-state index contributed by atoms with van der Waals surface area (Å²) < 4.78 is 11.9. The van der Waals surface area contributed by atoms with Crippen molar-refractivity contribution in [2.45, 2.75) is 12.3 Å². The molecule has 46 heavy (non-hydrogen) atoms. The van der Waals surface area contributed by atoms with Crippen LogP contribution in [0.3, 0.4) is 0 Å². The summed E-state index contributed by atoms with van der Waals surface area (Å²) in [6.45, 7) is 5.79. The van der Waals surface area contributed by atoms with Gasteiger partial charge in [0.1, 0.15) is 0 Å². The molecule has 0 bridgehead atoms. The van der Waals surface area contributed by atoms with Crippen LogP contribution in [0.4, 0.5) is 0 Å². The maximum absolute atomic E-state index is 5.79. The normalized spacial score (nSPS) is 17.2. The van der Waals surface area contributed by atoms with Gasteiger partial charge in [-0.3, -0.25) is 6.58 Å². The van der Waals surface area contributed by atoms with Crippen LogP contribution in [0.1, 0.15) is 29.0 Å². The molecule has 4 aliphatic heterocycles. The molecule has 214 valence electrons. The monoisotopic (exact) mass is 759 g/mol. The largest absolute Gasteiger partial charge is 0.332 e. The fourth-order valence-corrected chi connectivity index (χ4v) is 8.87. The zero-order valence-corrected chi connectivity index (χ0v) is 27.3. The van der Waals surface area contributed by atoms with Gasteiger partial charge in [0.25, 0.3) is 11.3 Å². The predicted molar refractivity (Wildman–Crippen MR) is 176 cm³/mol. The van der Waals surface area contributed by atoms with Gasteiger partial charge in [0.05, 0.1) is 28.9 Å². The smallest absolute Gasteiger partial charge is 0.297 e. The molecule has 0 fully saturated rings. The first-order chi connectivity index (χ1) is 22.3. The van der Waals surface area contributed by atoms with E-state index in [4.69, 9.17) is 11.6 Å². The third-order valence-corrected chi connectivity index (χ3v) is 10.5. The fraction of sp³-hybridized carbons (Fsp3) is 0.0513. The van der Waals surface area contributed by atoms with E-state index in [1.807, 2.05) is 0 Å². The molecule has 0 saturated heterocycles. The molecule has 13 rings (SSSR count). The van der Waals surface area contributed by atoms with Gasteiger partial charge in [-0.05, 0) is 59.3 Å². The number of nitrogens with zero attached hydrogens (tertiary/aromatic N) is 6. The third kappa shape index (κ3) is 2.62. The molecule has 2 atom stereocenters. The van der Waals surface area contributed by atoms with Crippen LogP contribution in [-0.2, 0) is 21.1 Å². The van der Waals surface area contributed by atoms with Crippen molar-refractivity contribution in [3.8, 4) is 11.3 Å². The van der Waals surface area contributed by atoms with Gasteiger partial charge >= 0.3 is 0 Å². The number of imidazole rings is 2. The maximum Gasteiger partial charge on any atom is 0.297 e. The third-order valence-electron chi connectivity index (χ3n) is 10.5. The van der Waals surface area contributed by atoms with Gasteiger partial charge in [0, 0.05) is 44.0 Å². The Morgan fingerprint density at radius 3 is 1.98 bits per heavy atom. The zero-order chi connectivity index (χ0) is 29.1. The summed E-state index contributed by atoms with van der Waals surface area (Å²) in [6.07, 6.45) is 8.47. The van der Waals surface area contributed by atoms with Crippen molar-refractivity contribution >= 4 is 60.6 Å². The van der Waals surface area contributed by atoms with Gasteiger partial charge in [0.2, 0.25) is 12.3 Å². The first kappa shape index (κ1) is 24.9. The number of hydrogen-bond donors (Lipinski definition) is 0. The molecule has 9 aromatic rings. The molecule has 0 N–H and O–H groups in total. The molecular formula is C39H23N6W+. The number of para-hydroxylation sites is 4. The molecule has 0 aliphatic carbocycles. The summed E-state index contributed by atoms with van der Waals surface area (Å²) in [4.78, 5) is 4.88. The van der Waals surface area contributed by atoms with Gasteiger partial charge in [-0.1, -0.05) is 59.8 Å². The van der Waals surface area contributed by atoms with Crippen molar-refractivity contribution in [2.24, 2.45) is 4.99 Å². The number of aliphatic imine (C=N–C) groups is 1. The molecule has 5 aromatic heterocycles. The van der Waals surface area contributed by atoms with Crippen LogP contribution in [0.5, 0.6) is 0 Å². The fourth-order valence-electron chi connectivity index (χ4n) is 8.87. The Morgan fingerprint density at radius 2 is 1.26 bits per heavy atom. The molecule has 0 saturated carbocycles. The topological polar surface area (TPSA) is 33.9 Å². The summed E-state index contributed by atoms with van der Waals surface area (Å²) in [6, 6.07) is 34.9. The van der Waals surface area contributed by atoms with Crippen LogP contribution in [0, 0.1) is 6.58 Å². The second-order valence-electron chi connectivity index (χ2n) is 12.4. The first-order valence-electron chi connectivity index (χ1n) is 15.4. The zero-order valence-electron chi connectivity index (χ0n) is 24.4. The summed E-state index contributed by atoms with van der Waals surface area (Å²) in [5, 5.41) is 5.32. The van der Waals surface area contributed by atoms with Crippen LogP contribution in [0.15, 0.2) is 127 Å². The second-order valence-corrected chi connectivity index (χ2v) is 12.4. The average Bonchev–Trinajstić information content (AvgIpc) is 3.93. The molecule has 9 heterocycles. The van der Waals surface area contributed by atoms with E-state index in [1.54, 1.807) is 6.08 Å². The number of fused-ring (bicyclic) bond motifs is 11. The number of pyridine rings is 2.